The largest absolute Gasteiger partial charge is 0.452 e. The number of benzene rings is 2. The van der Waals surface area contributed by atoms with Gasteiger partial charge in [0.15, 0.2) is 6.61 Å². The number of nitrogens with zero attached hydrogens (tertiary/aromatic N) is 2. The molecule has 0 radical (unpaired) electrons. The first kappa shape index (κ1) is 20.1. The maximum absolute atomic E-state index is 12.1. The number of carbonyl (C=O) groups excluding carboxylic acids is 3. The van der Waals surface area contributed by atoms with Gasteiger partial charge < -0.3 is 20.2 Å². The van der Waals surface area contributed by atoms with E-state index in [1.165, 1.54) is 30.3 Å². The van der Waals surface area contributed by atoms with Gasteiger partial charge in [-0.25, -0.2) is 4.79 Å². The molecule has 0 bridgehead atoms. The van der Waals surface area contributed by atoms with E-state index in [9.17, 15) is 14.4 Å². The quantitative estimate of drug-likeness (QED) is 0.424. The van der Waals surface area contributed by atoms with Crippen LogP contribution in [-0.2, 0) is 14.3 Å². The Morgan fingerprint density at radius 1 is 1.10 bits per heavy atom. The highest BCUT2D eigenvalue weighted by atomic mass is 32.2. The number of esters is 1. The Morgan fingerprint density at radius 2 is 1.86 bits per heavy atom. The SMILES string of the molecule is NC(=O)CSc1ccccc1NC(=O)COC(=O)c1ccc(-c2nnco2)cc1. The summed E-state index contributed by atoms with van der Waals surface area (Å²) in [7, 11) is 0. The number of ether oxygens (including phenoxy) is 1. The van der Waals surface area contributed by atoms with E-state index in [2.05, 4.69) is 15.5 Å². The van der Waals surface area contributed by atoms with Crippen molar-refractivity contribution in [3.8, 4) is 11.5 Å². The van der Waals surface area contributed by atoms with Gasteiger partial charge in [0, 0.05) is 10.5 Å². The number of nitrogens with two attached hydrogens (primary N) is 1. The molecule has 10 heteroatoms. The third-order valence-corrected chi connectivity index (χ3v) is 4.69. The summed E-state index contributed by atoms with van der Waals surface area (Å²) in [5.74, 6) is -1.20. The van der Waals surface area contributed by atoms with Crippen LogP contribution in [0.4, 0.5) is 5.69 Å². The monoisotopic (exact) mass is 412 g/mol. The van der Waals surface area contributed by atoms with E-state index in [1.54, 1.807) is 36.4 Å². The summed E-state index contributed by atoms with van der Waals surface area (Å²) in [6, 6.07) is 13.3. The topological polar surface area (TPSA) is 137 Å². The molecule has 0 aliphatic rings. The second kappa shape index (κ2) is 9.51. The fraction of sp³-hybridized carbons (Fsp3) is 0.105. The molecule has 3 N–H and O–H groups in total. The van der Waals surface area contributed by atoms with Crippen molar-refractivity contribution >= 4 is 35.2 Å². The fourth-order valence-corrected chi connectivity index (χ4v) is 3.04. The first-order chi connectivity index (χ1) is 14.0. The van der Waals surface area contributed by atoms with Gasteiger partial charge in [-0.2, -0.15) is 0 Å². The molecule has 0 aliphatic carbocycles. The second-order valence-electron chi connectivity index (χ2n) is 5.70. The van der Waals surface area contributed by atoms with Gasteiger partial charge in [-0.3, -0.25) is 9.59 Å². The lowest BCUT2D eigenvalue weighted by molar-refractivity contribution is -0.119. The van der Waals surface area contributed by atoms with E-state index in [0.717, 1.165) is 0 Å². The number of hydrogen-bond donors (Lipinski definition) is 2. The Labute approximate surface area is 169 Å². The van der Waals surface area contributed by atoms with Crippen molar-refractivity contribution in [3.05, 3.63) is 60.5 Å². The maximum atomic E-state index is 12.1. The highest BCUT2D eigenvalue weighted by Gasteiger charge is 2.13. The molecule has 2 aromatic carbocycles. The zero-order valence-corrected chi connectivity index (χ0v) is 15.8. The van der Waals surface area contributed by atoms with Gasteiger partial charge in [-0.05, 0) is 36.4 Å². The Bertz CT molecular complexity index is 1010. The van der Waals surface area contributed by atoms with Crippen LogP contribution in [-0.4, -0.2) is 40.3 Å². The average Bonchev–Trinajstić information content (AvgIpc) is 3.26. The number of thioether (sulfide) groups is 1. The van der Waals surface area contributed by atoms with Crippen LogP contribution in [0.3, 0.4) is 0 Å². The molecule has 2 amide bonds. The lowest BCUT2D eigenvalue weighted by Crippen LogP contribution is -2.21. The predicted molar refractivity (Wildman–Crippen MR) is 105 cm³/mol. The lowest BCUT2D eigenvalue weighted by Gasteiger charge is -2.10. The van der Waals surface area contributed by atoms with Gasteiger partial charge in [0.1, 0.15) is 0 Å². The minimum Gasteiger partial charge on any atom is -0.452 e. The molecule has 148 valence electrons. The van der Waals surface area contributed by atoms with Gasteiger partial charge >= 0.3 is 5.97 Å². The van der Waals surface area contributed by atoms with Crippen LogP contribution in [0.2, 0.25) is 0 Å². The molecule has 0 saturated heterocycles. The van der Waals surface area contributed by atoms with E-state index in [-0.39, 0.29) is 11.3 Å². The zero-order valence-electron chi connectivity index (χ0n) is 15.0. The second-order valence-corrected chi connectivity index (χ2v) is 6.71. The summed E-state index contributed by atoms with van der Waals surface area (Å²) in [6.45, 7) is -0.459. The molecule has 0 atom stereocenters. The number of aromatic nitrogens is 2. The summed E-state index contributed by atoms with van der Waals surface area (Å²) >= 11 is 1.20. The van der Waals surface area contributed by atoms with Crippen LogP contribution in [0, 0.1) is 0 Å². The van der Waals surface area contributed by atoms with Crippen LogP contribution in [0.15, 0.2) is 64.2 Å². The minimum atomic E-state index is -0.645. The maximum Gasteiger partial charge on any atom is 0.338 e. The van der Waals surface area contributed by atoms with Crippen molar-refractivity contribution < 1.29 is 23.5 Å². The molecule has 3 aromatic rings. The van der Waals surface area contributed by atoms with E-state index in [4.69, 9.17) is 14.9 Å². The molecule has 0 spiro atoms. The van der Waals surface area contributed by atoms with Crippen LogP contribution in [0.5, 0.6) is 0 Å². The van der Waals surface area contributed by atoms with Crippen molar-refractivity contribution in [1.29, 1.82) is 0 Å². The van der Waals surface area contributed by atoms with E-state index < -0.39 is 24.4 Å². The zero-order chi connectivity index (χ0) is 20.6. The third-order valence-electron chi connectivity index (χ3n) is 3.59. The first-order valence-corrected chi connectivity index (χ1v) is 9.35. The van der Waals surface area contributed by atoms with Crippen LogP contribution >= 0.6 is 11.8 Å². The number of rotatable bonds is 8. The molecule has 1 heterocycles. The Hall–Kier alpha value is -3.66. The standard InChI is InChI=1S/C19H16N4O5S/c20-16(24)10-29-15-4-2-1-3-14(15)22-17(25)9-27-19(26)13-7-5-12(6-8-13)18-23-21-11-28-18/h1-8,11H,9-10H2,(H2,20,24)(H,22,25). The van der Waals surface area contributed by atoms with Gasteiger partial charge in [-0.15, -0.1) is 22.0 Å². The molecule has 29 heavy (non-hydrogen) atoms. The highest BCUT2D eigenvalue weighted by Crippen LogP contribution is 2.26. The number of nitrogens with one attached hydrogen (secondary N) is 1. The fourth-order valence-electron chi connectivity index (χ4n) is 2.29. The molecule has 0 aliphatic heterocycles. The number of amides is 2. The lowest BCUT2D eigenvalue weighted by atomic mass is 10.1. The molecule has 1 aromatic heterocycles. The summed E-state index contributed by atoms with van der Waals surface area (Å²) in [5.41, 5.74) is 6.58. The average molecular weight is 412 g/mol. The Balaban J connectivity index is 1.54. The van der Waals surface area contributed by atoms with Gasteiger partial charge in [0.2, 0.25) is 18.2 Å². The summed E-state index contributed by atoms with van der Waals surface area (Å²) < 4.78 is 10.1. The first-order valence-electron chi connectivity index (χ1n) is 8.36. The number of hydrogen-bond acceptors (Lipinski definition) is 8. The summed E-state index contributed by atoms with van der Waals surface area (Å²) in [4.78, 5) is 35.9. The van der Waals surface area contributed by atoms with Crippen LogP contribution in [0.25, 0.3) is 11.5 Å². The van der Waals surface area contributed by atoms with Crippen LogP contribution < -0.4 is 11.1 Å². The highest BCUT2D eigenvalue weighted by molar-refractivity contribution is 8.00. The van der Waals surface area contributed by atoms with Gasteiger partial charge in [-0.1, -0.05) is 12.1 Å². The van der Waals surface area contributed by atoms with Gasteiger partial charge in [0.25, 0.3) is 5.91 Å². The van der Waals surface area contributed by atoms with Crippen molar-refractivity contribution in [2.24, 2.45) is 5.73 Å². The number of anilines is 1. The van der Waals surface area contributed by atoms with Crippen molar-refractivity contribution in [2.75, 3.05) is 17.7 Å². The Kier molecular flexibility index (Phi) is 6.59. The van der Waals surface area contributed by atoms with Crippen molar-refractivity contribution in [1.82, 2.24) is 10.2 Å². The molecule has 9 nitrogen and oxygen atoms in total. The molecule has 3 rings (SSSR count). The molecule has 0 fully saturated rings. The molecular weight excluding hydrogens is 396 g/mol. The summed E-state index contributed by atoms with van der Waals surface area (Å²) in [5, 5.41) is 10.0. The molecular formula is C19H16N4O5S. The Morgan fingerprint density at radius 3 is 2.55 bits per heavy atom. The van der Waals surface area contributed by atoms with E-state index in [0.29, 0.717) is 22.0 Å². The number of para-hydroxylation sites is 1. The number of primary amides is 1. The van der Waals surface area contributed by atoms with E-state index in [1.807, 2.05) is 0 Å². The van der Waals surface area contributed by atoms with Crippen LogP contribution in [0.1, 0.15) is 10.4 Å². The molecule has 0 unspecified atom stereocenters. The normalized spacial score (nSPS) is 10.3. The van der Waals surface area contributed by atoms with Crippen molar-refractivity contribution in [3.63, 3.8) is 0 Å². The number of carbonyl (C=O) groups is 3. The molecule has 0 saturated carbocycles. The van der Waals surface area contributed by atoms with E-state index >= 15 is 0 Å². The minimum absolute atomic E-state index is 0.0848. The summed E-state index contributed by atoms with van der Waals surface area (Å²) in [6.07, 6.45) is 1.21. The smallest absolute Gasteiger partial charge is 0.338 e. The third kappa shape index (κ3) is 5.66. The van der Waals surface area contributed by atoms with Gasteiger partial charge in [0.05, 0.1) is 17.0 Å². The van der Waals surface area contributed by atoms with Crippen molar-refractivity contribution in [2.45, 2.75) is 4.90 Å². The predicted octanol–water partition coefficient (Wildman–Crippen LogP) is 2.11.